The van der Waals surface area contributed by atoms with Gasteiger partial charge in [-0.25, -0.2) is 0 Å². The highest BCUT2D eigenvalue weighted by molar-refractivity contribution is 6.33. The third kappa shape index (κ3) is 4.14. The number of aliphatic hydroxyl groups is 3. The molecule has 0 aliphatic carbocycles. The largest absolute Gasteiger partial charge is 0.391 e. The van der Waals surface area contributed by atoms with E-state index in [-0.39, 0.29) is 13.2 Å². The standard InChI is InChI=1S/C19H22Cl2N2O3/c20-13-1-3-18-16(9-13)17-10-14(21)2-4-19(17)23(18)12-15(26)11-22(5-7-24)6-8-25/h1-4,9-10,15,24-26H,5-8,11-12H2/p+1/t15-/m0/s1. The molecule has 0 aliphatic heterocycles. The molecule has 0 aliphatic rings. The van der Waals surface area contributed by atoms with E-state index in [0.29, 0.717) is 36.2 Å². The molecule has 1 heterocycles. The summed E-state index contributed by atoms with van der Waals surface area (Å²) in [4.78, 5) is 0.967. The number of nitrogens with one attached hydrogen (secondary N) is 1. The topological polar surface area (TPSA) is 70.1 Å². The fourth-order valence-corrected chi connectivity index (χ4v) is 3.84. The smallest absolute Gasteiger partial charge is 0.121 e. The number of hydrogen-bond acceptors (Lipinski definition) is 3. The number of aliphatic hydroxyl groups excluding tert-OH is 3. The summed E-state index contributed by atoms with van der Waals surface area (Å²) in [5, 5.41) is 32.2. The minimum Gasteiger partial charge on any atom is -0.391 e. The van der Waals surface area contributed by atoms with E-state index < -0.39 is 6.10 Å². The van der Waals surface area contributed by atoms with Crippen LogP contribution in [0, 0.1) is 0 Å². The Kier molecular flexibility index (Phi) is 6.40. The maximum absolute atomic E-state index is 10.6. The summed E-state index contributed by atoms with van der Waals surface area (Å²) in [6.45, 7) is 1.89. The van der Waals surface area contributed by atoms with Crippen LogP contribution in [-0.4, -0.2) is 58.8 Å². The molecule has 0 spiro atoms. The summed E-state index contributed by atoms with van der Waals surface area (Å²) in [7, 11) is 0. The third-order valence-corrected chi connectivity index (χ3v) is 5.11. The Labute approximate surface area is 162 Å². The van der Waals surface area contributed by atoms with Crippen molar-refractivity contribution in [3.8, 4) is 0 Å². The lowest BCUT2D eigenvalue weighted by atomic mass is 10.1. The van der Waals surface area contributed by atoms with E-state index in [0.717, 1.165) is 26.7 Å². The molecule has 3 aromatic rings. The second-order valence-electron chi connectivity index (χ2n) is 6.49. The minimum absolute atomic E-state index is 0.0223. The van der Waals surface area contributed by atoms with Gasteiger partial charge in [0.25, 0.3) is 0 Å². The third-order valence-electron chi connectivity index (χ3n) is 4.64. The van der Waals surface area contributed by atoms with Crippen LogP contribution in [0.3, 0.4) is 0 Å². The number of nitrogens with zero attached hydrogens (tertiary/aromatic N) is 1. The summed E-state index contributed by atoms with van der Waals surface area (Å²) in [6.07, 6.45) is -0.617. The fraction of sp³-hybridized carbons (Fsp3) is 0.368. The molecule has 5 nitrogen and oxygen atoms in total. The molecule has 1 aromatic heterocycles. The monoisotopic (exact) mass is 397 g/mol. The molecule has 1 atom stereocenters. The van der Waals surface area contributed by atoms with Crippen molar-refractivity contribution < 1.29 is 20.2 Å². The summed E-state index contributed by atoms with van der Waals surface area (Å²) in [5.41, 5.74) is 1.97. The van der Waals surface area contributed by atoms with Crippen molar-refractivity contribution in [1.29, 1.82) is 0 Å². The van der Waals surface area contributed by atoms with E-state index in [1.54, 1.807) is 0 Å². The van der Waals surface area contributed by atoms with Gasteiger partial charge in [0.2, 0.25) is 0 Å². The quantitative estimate of drug-likeness (QED) is 0.463. The number of aromatic nitrogens is 1. The lowest BCUT2D eigenvalue weighted by Gasteiger charge is -2.21. The molecule has 2 aromatic carbocycles. The van der Waals surface area contributed by atoms with Crippen LogP contribution in [0.5, 0.6) is 0 Å². The predicted molar refractivity (Wildman–Crippen MR) is 105 cm³/mol. The van der Waals surface area contributed by atoms with Gasteiger partial charge in [0.1, 0.15) is 25.7 Å². The lowest BCUT2D eigenvalue weighted by Crippen LogP contribution is -3.14. The van der Waals surface area contributed by atoms with Crippen molar-refractivity contribution in [2.24, 2.45) is 0 Å². The van der Waals surface area contributed by atoms with Crippen molar-refractivity contribution in [2.75, 3.05) is 32.8 Å². The predicted octanol–water partition coefficient (Wildman–Crippen LogP) is 1.33. The van der Waals surface area contributed by atoms with Gasteiger partial charge in [0, 0.05) is 31.9 Å². The van der Waals surface area contributed by atoms with Gasteiger partial charge in [-0.2, -0.15) is 0 Å². The van der Waals surface area contributed by atoms with E-state index >= 15 is 0 Å². The molecule has 7 heteroatoms. The van der Waals surface area contributed by atoms with Crippen molar-refractivity contribution >= 4 is 45.0 Å². The molecule has 0 radical (unpaired) electrons. The number of quaternary nitrogens is 1. The molecule has 4 N–H and O–H groups in total. The Morgan fingerprint density at radius 3 is 1.85 bits per heavy atom. The lowest BCUT2D eigenvalue weighted by molar-refractivity contribution is -0.904. The Hall–Kier alpha value is -1.34. The Balaban J connectivity index is 1.95. The minimum atomic E-state index is -0.617. The molecule has 0 saturated carbocycles. The molecule has 0 unspecified atom stereocenters. The molecule has 140 valence electrons. The Morgan fingerprint density at radius 2 is 1.38 bits per heavy atom. The van der Waals surface area contributed by atoms with Crippen LogP contribution in [0.1, 0.15) is 0 Å². The van der Waals surface area contributed by atoms with Crippen molar-refractivity contribution in [1.82, 2.24) is 4.57 Å². The van der Waals surface area contributed by atoms with Crippen molar-refractivity contribution in [3.63, 3.8) is 0 Å². The molecule has 0 bridgehead atoms. The van der Waals surface area contributed by atoms with Crippen molar-refractivity contribution in [3.05, 3.63) is 46.4 Å². The molecule has 0 fully saturated rings. The van der Waals surface area contributed by atoms with Crippen molar-refractivity contribution in [2.45, 2.75) is 12.6 Å². The maximum atomic E-state index is 10.6. The van der Waals surface area contributed by atoms with E-state index in [2.05, 4.69) is 4.57 Å². The molecule has 26 heavy (non-hydrogen) atoms. The molecule has 0 saturated heterocycles. The van der Waals surface area contributed by atoms with Gasteiger partial charge in [-0.3, -0.25) is 0 Å². The molecule has 3 rings (SSSR count). The molecular weight excluding hydrogens is 375 g/mol. The summed E-state index contributed by atoms with van der Waals surface area (Å²) >= 11 is 12.3. The highest BCUT2D eigenvalue weighted by Gasteiger charge is 2.18. The highest BCUT2D eigenvalue weighted by Crippen LogP contribution is 2.32. The maximum Gasteiger partial charge on any atom is 0.121 e. The van der Waals surface area contributed by atoms with E-state index in [4.69, 9.17) is 33.4 Å². The van der Waals surface area contributed by atoms with Gasteiger partial charge >= 0.3 is 0 Å². The van der Waals surface area contributed by atoms with E-state index in [1.165, 1.54) is 0 Å². The second kappa shape index (κ2) is 8.57. The van der Waals surface area contributed by atoms with Crippen LogP contribution < -0.4 is 4.90 Å². The van der Waals surface area contributed by atoms with Gasteiger partial charge in [-0.1, -0.05) is 23.2 Å². The molecule has 0 amide bonds. The first kappa shape index (κ1) is 19.4. The first-order valence-electron chi connectivity index (χ1n) is 8.64. The first-order valence-corrected chi connectivity index (χ1v) is 9.39. The highest BCUT2D eigenvalue weighted by atomic mass is 35.5. The zero-order valence-electron chi connectivity index (χ0n) is 14.3. The van der Waals surface area contributed by atoms with Gasteiger partial charge in [0.15, 0.2) is 0 Å². The van der Waals surface area contributed by atoms with Crippen LogP contribution >= 0.6 is 23.2 Å². The van der Waals surface area contributed by atoms with Gasteiger partial charge in [-0.15, -0.1) is 0 Å². The van der Waals surface area contributed by atoms with Crippen LogP contribution in [0.25, 0.3) is 21.8 Å². The number of halogens is 2. The van der Waals surface area contributed by atoms with Gasteiger partial charge in [-0.05, 0) is 36.4 Å². The fourth-order valence-electron chi connectivity index (χ4n) is 3.50. The van der Waals surface area contributed by atoms with Crippen LogP contribution in [0.4, 0.5) is 0 Å². The Bertz CT molecular complexity index is 832. The summed E-state index contributed by atoms with van der Waals surface area (Å²) in [6, 6.07) is 11.4. The van der Waals surface area contributed by atoms with Crippen LogP contribution in [0.2, 0.25) is 10.0 Å². The van der Waals surface area contributed by atoms with Crippen LogP contribution in [-0.2, 0) is 6.54 Å². The van der Waals surface area contributed by atoms with E-state index in [9.17, 15) is 5.11 Å². The second-order valence-corrected chi connectivity index (χ2v) is 7.36. The van der Waals surface area contributed by atoms with E-state index in [1.807, 2.05) is 36.4 Å². The van der Waals surface area contributed by atoms with Crippen LogP contribution in [0.15, 0.2) is 36.4 Å². The normalized spacial score (nSPS) is 13.2. The van der Waals surface area contributed by atoms with Gasteiger partial charge < -0.3 is 24.8 Å². The molecular formula is C19H23Cl2N2O3+. The average molecular weight is 398 g/mol. The summed E-state index contributed by atoms with van der Waals surface area (Å²) < 4.78 is 2.07. The number of fused-ring (bicyclic) bond motifs is 3. The SMILES string of the molecule is OCC[NH+](CCO)C[C@H](O)Cn1c2ccc(Cl)cc2c2cc(Cl)ccc21. The zero-order chi connectivity index (χ0) is 18.7. The van der Waals surface area contributed by atoms with Gasteiger partial charge in [0.05, 0.1) is 19.8 Å². The average Bonchev–Trinajstić information content (AvgIpc) is 2.88. The Morgan fingerprint density at radius 1 is 0.885 bits per heavy atom. The number of rotatable bonds is 8. The zero-order valence-corrected chi connectivity index (χ0v) is 15.8. The number of benzene rings is 2. The summed E-state index contributed by atoms with van der Waals surface area (Å²) in [5.74, 6) is 0. The first-order chi connectivity index (χ1) is 12.5. The number of hydrogen-bond donors (Lipinski definition) is 4.